The zero-order chi connectivity index (χ0) is 7.73. The summed E-state index contributed by atoms with van der Waals surface area (Å²) >= 11 is 0. The van der Waals surface area contributed by atoms with Crippen LogP contribution in [0.4, 0.5) is 0 Å². The second kappa shape index (κ2) is 2.22. The van der Waals surface area contributed by atoms with Crippen molar-refractivity contribution in [3.63, 3.8) is 0 Å². The Morgan fingerprint density at radius 1 is 1.55 bits per heavy atom. The van der Waals surface area contributed by atoms with E-state index in [0.717, 1.165) is 25.7 Å². The Morgan fingerprint density at radius 2 is 2.27 bits per heavy atom. The fourth-order valence-electron chi connectivity index (χ4n) is 1.67. The van der Waals surface area contributed by atoms with Crippen LogP contribution in [0.1, 0.15) is 25.7 Å². The first-order valence-electron chi connectivity index (χ1n) is 3.84. The van der Waals surface area contributed by atoms with E-state index in [9.17, 15) is 4.79 Å². The van der Waals surface area contributed by atoms with E-state index in [0.29, 0.717) is 0 Å². The van der Waals surface area contributed by atoms with Gasteiger partial charge in [-0.1, -0.05) is 12.8 Å². The Bertz CT molecular complexity index is 206. The molecule has 1 fully saturated rings. The van der Waals surface area contributed by atoms with Gasteiger partial charge >= 0.3 is 5.97 Å². The molecule has 11 heavy (non-hydrogen) atoms. The summed E-state index contributed by atoms with van der Waals surface area (Å²) in [5.74, 6) is -0.225. The molecule has 60 valence electrons. The van der Waals surface area contributed by atoms with E-state index in [-0.39, 0.29) is 5.97 Å². The lowest BCUT2D eigenvalue weighted by Crippen LogP contribution is -2.43. The normalized spacial score (nSPS) is 26.7. The van der Waals surface area contributed by atoms with Crippen LogP contribution in [0.25, 0.3) is 0 Å². The molecule has 0 aromatic rings. The molecule has 1 aliphatic carbocycles. The molecule has 0 aromatic carbocycles. The number of hydrogen-bond acceptors (Lipinski definition) is 4. The molecule has 1 N–H and O–H groups in total. The van der Waals surface area contributed by atoms with Gasteiger partial charge in [0.25, 0.3) is 0 Å². The minimum atomic E-state index is -0.523. The SMILES string of the molecule is O=C1ONC=NC12CCCC2. The molecular weight excluding hydrogens is 144 g/mol. The molecule has 2 aliphatic rings. The second-order valence-corrected chi connectivity index (χ2v) is 3.00. The van der Waals surface area contributed by atoms with Crippen molar-refractivity contribution >= 4 is 12.3 Å². The van der Waals surface area contributed by atoms with Gasteiger partial charge in [-0.15, -0.1) is 0 Å². The molecule has 4 nitrogen and oxygen atoms in total. The molecule has 0 atom stereocenters. The van der Waals surface area contributed by atoms with Crippen molar-refractivity contribution in [1.82, 2.24) is 5.48 Å². The highest BCUT2D eigenvalue weighted by atomic mass is 16.7. The average Bonchev–Trinajstić information content (AvgIpc) is 2.46. The van der Waals surface area contributed by atoms with Crippen LogP contribution in [-0.2, 0) is 9.63 Å². The molecule has 1 spiro atoms. The standard InChI is InChI=1S/C7H10N2O2/c10-6-7(3-1-2-4-7)8-5-9-11-6/h5H,1-4H2,(H,8,9). The Labute approximate surface area is 64.6 Å². The van der Waals surface area contributed by atoms with Crippen molar-refractivity contribution in [2.24, 2.45) is 4.99 Å². The molecule has 4 heteroatoms. The molecule has 1 heterocycles. The Morgan fingerprint density at radius 3 is 2.91 bits per heavy atom. The summed E-state index contributed by atoms with van der Waals surface area (Å²) in [5.41, 5.74) is 1.82. The largest absolute Gasteiger partial charge is 0.359 e. The van der Waals surface area contributed by atoms with Gasteiger partial charge in [-0.3, -0.25) is 4.99 Å². The zero-order valence-electron chi connectivity index (χ0n) is 6.17. The third-order valence-electron chi connectivity index (χ3n) is 2.33. The van der Waals surface area contributed by atoms with Crippen molar-refractivity contribution in [1.29, 1.82) is 0 Å². The summed E-state index contributed by atoms with van der Waals surface area (Å²) in [6, 6.07) is 0. The zero-order valence-corrected chi connectivity index (χ0v) is 6.17. The maximum absolute atomic E-state index is 11.2. The van der Waals surface area contributed by atoms with Gasteiger partial charge in [0.1, 0.15) is 6.34 Å². The fourth-order valence-corrected chi connectivity index (χ4v) is 1.67. The van der Waals surface area contributed by atoms with Crippen molar-refractivity contribution in [3.8, 4) is 0 Å². The van der Waals surface area contributed by atoms with Crippen LogP contribution in [0.5, 0.6) is 0 Å². The minimum absolute atomic E-state index is 0.225. The van der Waals surface area contributed by atoms with Crippen LogP contribution in [0.15, 0.2) is 4.99 Å². The number of carbonyl (C=O) groups excluding carboxylic acids is 1. The lowest BCUT2D eigenvalue weighted by Gasteiger charge is -2.24. The Balaban J connectivity index is 2.26. The van der Waals surface area contributed by atoms with Gasteiger partial charge in [-0.25, -0.2) is 10.3 Å². The summed E-state index contributed by atoms with van der Waals surface area (Å²) in [6.45, 7) is 0. The number of carbonyl (C=O) groups is 1. The number of hydrogen-bond donors (Lipinski definition) is 1. The maximum Gasteiger partial charge on any atom is 0.359 e. The molecule has 0 aromatic heterocycles. The highest BCUT2D eigenvalue weighted by Gasteiger charge is 2.43. The highest BCUT2D eigenvalue weighted by Crippen LogP contribution is 2.34. The molecule has 0 bridgehead atoms. The quantitative estimate of drug-likeness (QED) is 0.549. The molecule has 1 aliphatic heterocycles. The van der Waals surface area contributed by atoms with Gasteiger partial charge in [0.05, 0.1) is 0 Å². The van der Waals surface area contributed by atoms with E-state index in [1.807, 2.05) is 0 Å². The molecule has 0 radical (unpaired) electrons. The van der Waals surface area contributed by atoms with Crippen LogP contribution in [0.3, 0.4) is 0 Å². The topological polar surface area (TPSA) is 50.7 Å². The Kier molecular flexibility index (Phi) is 1.34. The number of rotatable bonds is 0. The Hall–Kier alpha value is -1.06. The summed E-state index contributed by atoms with van der Waals surface area (Å²) in [4.78, 5) is 20.0. The highest BCUT2D eigenvalue weighted by molar-refractivity contribution is 5.85. The summed E-state index contributed by atoms with van der Waals surface area (Å²) in [6.07, 6.45) is 5.29. The first-order chi connectivity index (χ1) is 5.33. The van der Waals surface area contributed by atoms with E-state index in [2.05, 4.69) is 15.3 Å². The molecule has 0 saturated heterocycles. The fraction of sp³-hybridized carbons (Fsp3) is 0.714. The van der Waals surface area contributed by atoms with E-state index < -0.39 is 5.54 Å². The van der Waals surface area contributed by atoms with Gasteiger partial charge in [0.15, 0.2) is 5.54 Å². The average molecular weight is 154 g/mol. The van der Waals surface area contributed by atoms with Crippen LogP contribution in [0.2, 0.25) is 0 Å². The summed E-state index contributed by atoms with van der Waals surface area (Å²) < 4.78 is 0. The van der Waals surface area contributed by atoms with Crippen LogP contribution in [-0.4, -0.2) is 17.8 Å². The third-order valence-corrected chi connectivity index (χ3v) is 2.33. The number of hydroxylamine groups is 1. The van der Waals surface area contributed by atoms with Gasteiger partial charge in [-0.05, 0) is 12.8 Å². The number of nitrogens with one attached hydrogen (secondary N) is 1. The van der Waals surface area contributed by atoms with Crippen molar-refractivity contribution < 1.29 is 9.63 Å². The van der Waals surface area contributed by atoms with E-state index in [1.54, 1.807) is 0 Å². The van der Waals surface area contributed by atoms with Crippen molar-refractivity contribution in [2.75, 3.05) is 0 Å². The van der Waals surface area contributed by atoms with Crippen molar-refractivity contribution in [3.05, 3.63) is 0 Å². The molecular formula is C7H10N2O2. The van der Waals surface area contributed by atoms with Crippen molar-refractivity contribution in [2.45, 2.75) is 31.2 Å². The van der Waals surface area contributed by atoms with Gasteiger partial charge in [0, 0.05) is 0 Å². The van der Waals surface area contributed by atoms with Gasteiger partial charge in [0.2, 0.25) is 0 Å². The van der Waals surface area contributed by atoms with Crippen LogP contribution in [0, 0.1) is 0 Å². The molecule has 1 saturated carbocycles. The molecule has 0 amide bonds. The molecule has 2 rings (SSSR count). The number of nitrogens with zero attached hydrogens (tertiary/aromatic N) is 1. The predicted octanol–water partition coefficient (Wildman–Crippen LogP) is 0.389. The van der Waals surface area contributed by atoms with E-state index in [4.69, 9.17) is 0 Å². The van der Waals surface area contributed by atoms with Gasteiger partial charge < -0.3 is 4.84 Å². The first-order valence-corrected chi connectivity index (χ1v) is 3.84. The van der Waals surface area contributed by atoms with E-state index >= 15 is 0 Å². The second-order valence-electron chi connectivity index (χ2n) is 3.00. The minimum Gasteiger partial charge on any atom is -0.340 e. The van der Waals surface area contributed by atoms with Crippen LogP contribution < -0.4 is 5.48 Å². The maximum atomic E-state index is 11.2. The van der Waals surface area contributed by atoms with Crippen LogP contribution >= 0.6 is 0 Å². The predicted molar refractivity (Wildman–Crippen MR) is 38.9 cm³/mol. The summed E-state index contributed by atoms with van der Waals surface area (Å²) in [7, 11) is 0. The monoisotopic (exact) mass is 154 g/mol. The summed E-state index contributed by atoms with van der Waals surface area (Å²) in [5, 5.41) is 0. The van der Waals surface area contributed by atoms with Gasteiger partial charge in [-0.2, -0.15) is 0 Å². The third kappa shape index (κ3) is 0.895. The molecule has 0 unspecified atom stereocenters. The first kappa shape index (κ1) is 6.64. The lowest BCUT2D eigenvalue weighted by atomic mass is 9.99. The van der Waals surface area contributed by atoms with E-state index in [1.165, 1.54) is 6.34 Å². The number of aliphatic imine (C=N–C) groups is 1. The smallest absolute Gasteiger partial charge is 0.340 e. The lowest BCUT2D eigenvalue weighted by molar-refractivity contribution is -0.155.